The highest BCUT2D eigenvalue weighted by atomic mass is 16.3. The van der Waals surface area contributed by atoms with Gasteiger partial charge in [-0.1, -0.05) is 26.0 Å². The first kappa shape index (κ1) is 12.7. The van der Waals surface area contributed by atoms with Crippen molar-refractivity contribution in [2.45, 2.75) is 64.1 Å². The van der Waals surface area contributed by atoms with E-state index in [1.54, 1.807) is 0 Å². The van der Waals surface area contributed by atoms with Crippen LogP contribution in [-0.4, -0.2) is 21.9 Å². The van der Waals surface area contributed by atoms with Crippen molar-refractivity contribution in [1.29, 1.82) is 0 Å². The van der Waals surface area contributed by atoms with Crippen LogP contribution in [0.4, 0.5) is 0 Å². The van der Waals surface area contributed by atoms with Crippen molar-refractivity contribution in [2.24, 2.45) is 5.92 Å². The maximum Gasteiger partial charge on any atom is 0.0908 e. The van der Waals surface area contributed by atoms with E-state index >= 15 is 0 Å². The third-order valence-electron chi connectivity index (χ3n) is 3.74. The fourth-order valence-corrected chi connectivity index (χ4v) is 2.20. The molecule has 1 rings (SSSR count). The second-order valence-electron chi connectivity index (χ2n) is 5.11. The van der Waals surface area contributed by atoms with Crippen molar-refractivity contribution in [3.63, 3.8) is 0 Å². The molecular formula is C13H24O2. The highest BCUT2D eigenvalue weighted by molar-refractivity contribution is 5.01. The van der Waals surface area contributed by atoms with Crippen LogP contribution in [0.3, 0.4) is 0 Å². The highest BCUT2D eigenvalue weighted by Gasteiger charge is 2.38. The van der Waals surface area contributed by atoms with E-state index in [4.69, 9.17) is 0 Å². The maximum atomic E-state index is 10.3. The molecule has 0 amide bonds. The number of aliphatic hydroxyl groups excluding tert-OH is 1. The van der Waals surface area contributed by atoms with Gasteiger partial charge in [-0.15, -0.1) is 0 Å². The lowest BCUT2D eigenvalue weighted by atomic mass is 9.75. The van der Waals surface area contributed by atoms with Crippen LogP contribution in [0.15, 0.2) is 12.2 Å². The molecule has 0 heterocycles. The van der Waals surface area contributed by atoms with Gasteiger partial charge >= 0.3 is 0 Å². The quantitative estimate of drug-likeness (QED) is 0.703. The van der Waals surface area contributed by atoms with E-state index < -0.39 is 11.7 Å². The van der Waals surface area contributed by atoms with Crippen LogP contribution in [0.2, 0.25) is 0 Å². The van der Waals surface area contributed by atoms with Gasteiger partial charge in [0.05, 0.1) is 11.7 Å². The van der Waals surface area contributed by atoms with Gasteiger partial charge in [-0.2, -0.15) is 0 Å². The van der Waals surface area contributed by atoms with Gasteiger partial charge in [0.15, 0.2) is 0 Å². The van der Waals surface area contributed by atoms with Crippen LogP contribution in [-0.2, 0) is 0 Å². The predicted octanol–water partition coefficient (Wildman–Crippen LogP) is 2.64. The molecule has 88 valence electrons. The zero-order valence-corrected chi connectivity index (χ0v) is 10.00. The lowest BCUT2D eigenvalue weighted by Crippen LogP contribution is -2.45. The van der Waals surface area contributed by atoms with E-state index in [0.717, 1.165) is 37.7 Å². The van der Waals surface area contributed by atoms with Crippen LogP contribution in [0.1, 0.15) is 52.4 Å². The summed E-state index contributed by atoms with van der Waals surface area (Å²) in [4.78, 5) is 0. The Hall–Kier alpha value is -0.340. The average molecular weight is 212 g/mol. The Labute approximate surface area is 93.0 Å². The summed E-state index contributed by atoms with van der Waals surface area (Å²) in [5.74, 6) is 0.687. The van der Waals surface area contributed by atoms with Gasteiger partial charge in [0, 0.05) is 0 Å². The van der Waals surface area contributed by atoms with E-state index in [9.17, 15) is 10.2 Å². The Balaban J connectivity index is 2.50. The van der Waals surface area contributed by atoms with Crippen LogP contribution >= 0.6 is 0 Å². The zero-order chi connectivity index (χ0) is 11.5. The molecule has 0 aliphatic heterocycles. The third-order valence-corrected chi connectivity index (χ3v) is 3.74. The van der Waals surface area contributed by atoms with Crippen LogP contribution < -0.4 is 0 Å². The van der Waals surface area contributed by atoms with Gasteiger partial charge in [-0.05, 0) is 44.4 Å². The van der Waals surface area contributed by atoms with Crippen molar-refractivity contribution in [3.8, 4) is 0 Å². The summed E-state index contributed by atoms with van der Waals surface area (Å²) in [6.07, 6.45) is 4.29. The molecule has 0 aromatic heterocycles. The molecule has 1 aliphatic rings. The molecule has 1 fully saturated rings. The van der Waals surface area contributed by atoms with Crippen molar-refractivity contribution in [3.05, 3.63) is 12.2 Å². The van der Waals surface area contributed by atoms with Crippen LogP contribution in [0.5, 0.6) is 0 Å². The van der Waals surface area contributed by atoms with Crippen molar-refractivity contribution < 1.29 is 10.2 Å². The van der Waals surface area contributed by atoms with Gasteiger partial charge in [-0.25, -0.2) is 0 Å². The fourth-order valence-electron chi connectivity index (χ4n) is 2.20. The molecule has 1 unspecified atom stereocenters. The second kappa shape index (κ2) is 5.13. The summed E-state index contributed by atoms with van der Waals surface area (Å²) in [7, 11) is 0. The van der Waals surface area contributed by atoms with E-state index in [1.807, 2.05) is 6.92 Å². The largest absolute Gasteiger partial charge is 0.390 e. The number of aliphatic hydroxyl groups is 2. The van der Waals surface area contributed by atoms with Gasteiger partial charge in [0.2, 0.25) is 0 Å². The molecule has 0 spiro atoms. The summed E-state index contributed by atoms with van der Waals surface area (Å²) in [5.41, 5.74) is 0.166. The summed E-state index contributed by atoms with van der Waals surface area (Å²) in [5, 5.41) is 20.3. The molecule has 0 saturated heterocycles. The fraction of sp³-hybridized carbons (Fsp3) is 0.846. The normalized spacial score (nSPS) is 33.7. The van der Waals surface area contributed by atoms with Gasteiger partial charge < -0.3 is 10.2 Å². The Morgan fingerprint density at radius 1 is 1.47 bits per heavy atom. The Morgan fingerprint density at radius 3 is 2.47 bits per heavy atom. The molecule has 0 bridgehead atoms. The van der Waals surface area contributed by atoms with Crippen molar-refractivity contribution in [2.75, 3.05) is 0 Å². The third kappa shape index (κ3) is 3.32. The lowest BCUT2D eigenvalue weighted by Gasteiger charge is -2.38. The zero-order valence-electron chi connectivity index (χ0n) is 10.00. The molecule has 0 aromatic carbocycles. The number of rotatable bonds is 4. The number of hydrogen-bond donors (Lipinski definition) is 2. The summed E-state index contributed by atoms with van der Waals surface area (Å²) in [6.45, 7) is 8.12. The summed E-state index contributed by atoms with van der Waals surface area (Å²) >= 11 is 0. The molecule has 1 aliphatic carbocycles. The lowest BCUT2D eigenvalue weighted by molar-refractivity contribution is -0.102. The number of hydrogen-bond acceptors (Lipinski definition) is 2. The van der Waals surface area contributed by atoms with Gasteiger partial charge in [0.25, 0.3) is 0 Å². The average Bonchev–Trinajstić information content (AvgIpc) is 2.22. The molecule has 1 saturated carbocycles. The maximum absolute atomic E-state index is 10.3. The molecule has 1 atom stereocenters. The van der Waals surface area contributed by atoms with E-state index in [2.05, 4.69) is 13.5 Å². The molecule has 0 radical (unpaired) electrons. The van der Waals surface area contributed by atoms with E-state index in [1.165, 1.54) is 0 Å². The minimum absolute atomic E-state index is 0.543. The predicted molar refractivity (Wildman–Crippen MR) is 62.6 cm³/mol. The van der Waals surface area contributed by atoms with Crippen LogP contribution in [0.25, 0.3) is 0 Å². The summed E-state index contributed by atoms with van der Waals surface area (Å²) < 4.78 is 0. The smallest absolute Gasteiger partial charge is 0.0908 e. The molecule has 15 heavy (non-hydrogen) atoms. The molecule has 2 N–H and O–H groups in total. The van der Waals surface area contributed by atoms with E-state index in [-0.39, 0.29) is 0 Å². The summed E-state index contributed by atoms with van der Waals surface area (Å²) in [6, 6.07) is 0. The molecule has 0 aromatic rings. The standard InChI is InChI=1S/C13H24O2/c1-4-10(2)9-12(14)13(15)7-5-11(3)6-8-13/h11-12,14-15H,2,4-9H2,1,3H3. The van der Waals surface area contributed by atoms with Crippen molar-refractivity contribution >= 4 is 0 Å². The first-order valence-corrected chi connectivity index (χ1v) is 6.05. The minimum Gasteiger partial charge on any atom is -0.390 e. The van der Waals surface area contributed by atoms with Crippen molar-refractivity contribution in [1.82, 2.24) is 0 Å². The Kier molecular flexibility index (Phi) is 4.35. The highest BCUT2D eigenvalue weighted by Crippen LogP contribution is 2.35. The SMILES string of the molecule is C=C(CC)CC(O)C1(O)CCC(C)CC1. The second-order valence-corrected chi connectivity index (χ2v) is 5.11. The molecule has 2 nitrogen and oxygen atoms in total. The first-order chi connectivity index (χ1) is 6.98. The molecular weight excluding hydrogens is 188 g/mol. The van der Waals surface area contributed by atoms with Gasteiger partial charge in [-0.3, -0.25) is 0 Å². The van der Waals surface area contributed by atoms with E-state index in [0.29, 0.717) is 12.3 Å². The monoisotopic (exact) mass is 212 g/mol. The Morgan fingerprint density at radius 2 is 2.00 bits per heavy atom. The van der Waals surface area contributed by atoms with Gasteiger partial charge in [0.1, 0.15) is 0 Å². The molecule has 2 heteroatoms. The minimum atomic E-state index is -0.857. The first-order valence-electron chi connectivity index (χ1n) is 6.05. The Bertz CT molecular complexity index is 215. The van der Waals surface area contributed by atoms with Crippen LogP contribution in [0, 0.1) is 5.92 Å². The topological polar surface area (TPSA) is 40.5 Å².